The van der Waals surface area contributed by atoms with Gasteiger partial charge < -0.3 is 14.4 Å². The molecule has 1 aromatic rings. The Morgan fingerprint density at radius 1 is 1.16 bits per heavy atom. The minimum absolute atomic E-state index is 0.638. The minimum Gasteiger partial charge on any atom is -0.385 e. The van der Waals surface area contributed by atoms with E-state index in [0.29, 0.717) is 13.2 Å². The molecule has 0 N–H and O–H groups in total. The lowest BCUT2D eigenvalue weighted by Crippen LogP contribution is -2.30. The van der Waals surface area contributed by atoms with E-state index in [4.69, 9.17) is 9.47 Å². The van der Waals surface area contributed by atoms with Crippen molar-refractivity contribution in [1.82, 2.24) is 0 Å². The van der Waals surface area contributed by atoms with E-state index in [2.05, 4.69) is 4.90 Å². The van der Waals surface area contributed by atoms with Crippen LogP contribution in [0.4, 0.5) is 5.69 Å². The highest BCUT2D eigenvalue weighted by Gasteiger charge is 2.11. The van der Waals surface area contributed by atoms with E-state index in [1.165, 1.54) is 0 Å². The summed E-state index contributed by atoms with van der Waals surface area (Å²) in [5, 5.41) is 0. The molecule has 19 heavy (non-hydrogen) atoms. The summed E-state index contributed by atoms with van der Waals surface area (Å²) < 4.78 is 10.2. The summed E-state index contributed by atoms with van der Waals surface area (Å²) in [6.07, 6.45) is 1.84. The van der Waals surface area contributed by atoms with Gasteiger partial charge in [-0.1, -0.05) is 11.6 Å². The fraction of sp³-hybridized carbons (Fsp3) is 0.533. The fourth-order valence-electron chi connectivity index (χ4n) is 2.01. The summed E-state index contributed by atoms with van der Waals surface area (Å²) in [6, 6.07) is 5.94. The lowest BCUT2D eigenvalue weighted by molar-refractivity contribution is 0.112. The maximum Gasteiger partial charge on any atom is 0.152 e. The van der Waals surface area contributed by atoms with Gasteiger partial charge in [-0.2, -0.15) is 0 Å². The predicted octanol–water partition coefficient (Wildman–Crippen LogP) is 2.30. The summed E-state index contributed by atoms with van der Waals surface area (Å²) >= 11 is 0. The van der Waals surface area contributed by atoms with Crippen LogP contribution in [0.5, 0.6) is 0 Å². The Labute approximate surface area is 115 Å². The van der Waals surface area contributed by atoms with E-state index in [1.807, 2.05) is 25.1 Å². The fourth-order valence-corrected chi connectivity index (χ4v) is 2.01. The molecule has 1 aromatic carbocycles. The number of nitrogens with zero attached hydrogens (tertiary/aromatic N) is 1. The largest absolute Gasteiger partial charge is 0.385 e. The molecule has 0 spiro atoms. The van der Waals surface area contributed by atoms with E-state index >= 15 is 0 Å². The smallest absolute Gasteiger partial charge is 0.152 e. The summed E-state index contributed by atoms with van der Waals surface area (Å²) in [5.74, 6) is 0. The number of hydrogen-bond donors (Lipinski definition) is 0. The number of hydrogen-bond acceptors (Lipinski definition) is 4. The molecule has 0 bridgehead atoms. The molecule has 0 unspecified atom stereocenters. The summed E-state index contributed by atoms with van der Waals surface area (Å²) in [7, 11) is 3.38. The Morgan fingerprint density at radius 2 is 1.89 bits per heavy atom. The first-order valence-electron chi connectivity index (χ1n) is 6.51. The molecule has 4 heteroatoms. The minimum atomic E-state index is 0.638. The number of carbonyl (C=O) groups is 1. The molecule has 106 valence electrons. The highest BCUT2D eigenvalue weighted by molar-refractivity contribution is 5.85. The molecular weight excluding hydrogens is 242 g/mol. The van der Waals surface area contributed by atoms with E-state index in [0.717, 1.165) is 42.6 Å². The van der Waals surface area contributed by atoms with Crippen molar-refractivity contribution < 1.29 is 14.3 Å². The Bertz CT molecular complexity index is 393. The Hall–Kier alpha value is -1.39. The van der Waals surface area contributed by atoms with Gasteiger partial charge in [-0.05, 0) is 25.5 Å². The van der Waals surface area contributed by atoms with Crippen molar-refractivity contribution in [3.8, 4) is 0 Å². The molecule has 0 atom stereocenters. The molecule has 0 aliphatic heterocycles. The van der Waals surface area contributed by atoms with Crippen LogP contribution in [0.25, 0.3) is 0 Å². The maximum atomic E-state index is 11.2. The predicted molar refractivity (Wildman–Crippen MR) is 77.1 cm³/mol. The van der Waals surface area contributed by atoms with E-state index < -0.39 is 0 Å². The van der Waals surface area contributed by atoms with Crippen LogP contribution < -0.4 is 4.90 Å². The Morgan fingerprint density at radius 3 is 2.53 bits per heavy atom. The third kappa shape index (κ3) is 5.01. The zero-order chi connectivity index (χ0) is 14.1. The van der Waals surface area contributed by atoms with Crippen LogP contribution in [0.3, 0.4) is 0 Å². The molecule has 0 heterocycles. The molecule has 0 aliphatic carbocycles. The van der Waals surface area contributed by atoms with Crippen LogP contribution >= 0.6 is 0 Å². The van der Waals surface area contributed by atoms with Crippen molar-refractivity contribution in [3.05, 3.63) is 29.3 Å². The van der Waals surface area contributed by atoms with E-state index in [-0.39, 0.29) is 0 Å². The van der Waals surface area contributed by atoms with Crippen molar-refractivity contribution in [1.29, 1.82) is 0 Å². The van der Waals surface area contributed by atoms with Crippen LogP contribution in [-0.2, 0) is 9.47 Å². The molecular formula is C15H23NO3. The quantitative estimate of drug-likeness (QED) is 0.507. The highest BCUT2D eigenvalue weighted by atomic mass is 16.5. The second-order valence-electron chi connectivity index (χ2n) is 4.51. The molecule has 0 radical (unpaired) electrons. The lowest BCUT2D eigenvalue weighted by atomic mass is 10.1. The van der Waals surface area contributed by atoms with Crippen molar-refractivity contribution in [2.24, 2.45) is 0 Å². The second-order valence-corrected chi connectivity index (χ2v) is 4.51. The number of aldehydes is 1. The van der Waals surface area contributed by atoms with Gasteiger partial charge in [0, 0.05) is 45.2 Å². The number of benzene rings is 1. The average Bonchev–Trinajstić information content (AvgIpc) is 2.43. The van der Waals surface area contributed by atoms with Gasteiger partial charge in [-0.25, -0.2) is 0 Å². The molecule has 0 aromatic heterocycles. The first-order chi connectivity index (χ1) is 9.22. The van der Waals surface area contributed by atoms with Crippen LogP contribution in [0.1, 0.15) is 22.3 Å². The molecule has 0 fully saturated rings. The molecule has 1 rings (SSSR count). The number of anilines is 1. The van der Waals surface area contributed by atoms with Crippen LogP contribution in [0, 0.1) is 6.92 Å². The number of carbonyl (C=O) groups excluding carboxylic acids is 1. The van der Waals surface area contributed by atoms with Gasteiger partial charge in [0.05, 0.1) is 6.61 Å². The summed E-state index contributed by atoms with van der Waals surface area (Å²) in [4.78, 5) is 13.4. The van der Waals surface area contributed by atoms with Crippen LogP contribution in [0.2, 0.25) is 0 Å². The third-order valence-electron chi connectivity index (χ3n) is 2.99. The first-order valence-corrected chi connectivity index (χ1v) is 6.51. The molecule has 0 saturated heterocycles. The first kappa shape index (κ1) is 15.7. The van der Waals surface area contributed by atoms with Gasteiger partial charge in [0.15, 0.2) is 6.29 Å². The molecule has 0 saturated carbocycles. The van der Waals surface area contributed by atoms with Gasteiger partial charge in [0.25, 0.3) is 0 Å². The van der Waals surface area contributed by atoms with Crippen molar-refractivity contribution in [2.45, 2.75) is 13.3 Å². The normalized spacial score (nSPS) is 10.5. The molecule has 0 amide bonds. The van der Waals surface area contributed by atoms with Gasteiger partial charge in [0.2, 0.25) is 0 Å². The van der Waals surface area contributed by atoms with Crippen molar-refractivity contribution in [3.63, 3.8) is 0 Å². The van der Waals surface area contributed by atoms with Gasteiger partial charge in [-0.15, -0.1) is 0 Å². The van der Waals surface area contributed by atoms with Crippen molar-refractivity contribution >= 4 is 12.0 Å². The molecule has 4 nitrogen and oxygen atoms in total. The zero-order valence-corrected chi connectivity index (χ0v) is 12.0. The van der Waals surface area contributed by atoms with Gasteiger partial charge in [0.1, 0.15) is 0 Å². The summed E-state index contributed by atoms with van der Waals surface area (Å²) in [6.45, 7) is 4.96. The van der Waals surface area contributed by atoms with Crippen LogP contribution in [0.15, 0.2) is 18.2 Å². The highest BCUT2D eigenvalue weighted by Crippen LogP contribution is 2.20. The van der Waals surface area contributed by atoms with Crippen LogP contribution in [-0.4, -0.2) is 46.8 Å². The topological polar surface area (TPSA) is 38.8 Å². The average molecular weight is 265 g/mol. The Kier molecular flexibility index (Phi) is 7.15. The summed E-state index contributed by atoms with van der Waals surface area (Å²) in [5.41, 5.74) is 2.79. The zero-order valence-electron chi connectivity index (χ0n) is 12.0. The number of ether oxygens (including phenoxy) is 2. The number of rotatable bonds is 9. The number of methoxy groups -OCH3 is 2. The maximum absolute atomic E-state index is 11.2. The Balaban J connectivity index is 2.85. The molecule has 0 aliphatic rings. The number of aryl methyl sites for hydroxylation is 1. The monoisotopic (exact) mass is 265 g/mol. The van der Waals surface area contributed by atoms with E-state index in [1.54, 1.807) is 14.2 Å². The lowest BCUT2D eigenvalue weighted by Gasteiger charge is -2.26. The van der Waals surface area contributed by atoms with Crippen molar-refractivity contribution in [2.75, 3.05) is 45.4 Å². The van der Waals surface area contributed by atoms with E-state index in [9.17, 15) is 4.79 Å². The SMILES string of the molecule is COCCCN(CCOC)c1ccc(C)cc1C=O. The standard InChI is InChI=1S/C15H23NO3/c1-13-5-6-15(14(11-13)12-17)16(8-10-19-3)7-4-9-18-2/h5-6,11-12H,4,7-10H2,1-3H3. The van der Waals surface area contributed by atoms with Gasteiger partial charge >= 0.3 is 0 Å². The second kappa shape index (κ2) is 8.67. The van der Waals surface area contributed by atoms with Gasteiger partial charge in [-0.3, -0.25) is 4.79 Å². The third-order valence-corrected chi connectivity index (χ3v) is 2.99.